The number of carbonyl (C=O) groups is 1. The van der Waals surface area contributed by atoms with Gasteiger partial charge in [-0.15, -0.1) is 0 Å². The van der Waals surface area contributed by atoms with Crippen molar-refractivity contribution in [1.29, 1.82) is 0 Å². The molecule has 0 aliphatic carbocycles. The number of ether oxygens (including phenoxy) is 1. The summed E-state index contributed by atoms with van der Waals surface area (Å²) >= 11 is 5.86. The Labute approximate surface area is 117 Å². The minimum atomic E-state index is -3.86. The molecule has 0 aliphatic heterocycles. The van der Waals surface area contributed by atoms with Gasteiger partial charge >= 0.3 is 5.97 Å². The summed E-state index contributed by atoms with van der Waals surface area (Å²) in [7, 11) is -2.66. The minimum absolute atomic E-state index is 0.0703. The van der Waals surface area contributed by atoms with E-state index in [0.717, 1.165) is 10.5 Å². The van der Waals surface area contributed by atoms with Gasteiger partial charge in [0, 0.05) is 18.9 Å². The first kappa shape index (κ1) is 15.9. The number of nitrogens with zero attached hydrogens (tertiary/aromatic N) is 2. The Hall–Kier alpha value is -1.18. The first-order valence-corrected chi connectivity index (χ1v) is 7.41. The molecule has 0 fully saturated rings. The number of esters is 1. The van der Waals surface area contributed by atoms with Crippen molar-refractivity contribution in [1.82, 2.24) is 9.29 Å². The maximum absolute atomic E-state index is 12.4. The van der Waals surface area contributed by atoms with Crippen LogP contribution < -0.4 is 0 Å². The third-order valence-corrected chi connectivity index (χ3v) is 4.67. The zero-order chi connectivity index (χ0) is 14.5. The first-order chi connectivity index (χ1) is 8.93. The molecule has 0 saturated heterocycles. The Morgan fingerprint density at radius 1 is 1.53 bits per heavy atom. The van der Waals surface area contributed by atoms with Gasteiger partial charge in [0.1, 0.15) is 11.4 Å². The van der Waals surface area contributed by atoms with E-state index in [1.807, 2.05) is 6.92 Å². The molecule has 1 aromatic rings. The normalized spacial score (nSPS) is 11.6. The number of aromatic nitrogens is 1. The zero-order valence-electron chi connectivity index (χ0n) is 10.7. The van der Waals surface area contributed by atoms with Gasteiger partial charge in [-0.05, 0) is 12.5 Å². The maximum Gasteiger partial charge on any atom is 0.321 e. The molecule has 0 radical (unpaired) electrons. The largest absolute Gasteiger partial charge is 0.468 e. The number of halogens is 1. The molecule has 0 unspecified atom stereocenters. The lowest BCUT2D eigenvalue weighted by molar-refractivity contribution is -0.140. The first-order valence-electron chi connectivity index (χ1n) is 5.60. The summed E-state index contributed by atoms with van der Waals surface area (Å²) in [4.78, 5) is 14.9. The van der Waals surface area contributed by atoms with E-state index < -0.39 is 16.0 Å². The van der Waals surface area contributed by atoms with Crippen molar-refractivity contribution < 1.29 is 17.9 Å². The third kappa shape index (κ3) is 3.89. The van der Waals surface area contributed by atoms with E-state index in [0.29, 0.717) is 6.42 Å². The molecule has 0 aliphatic rings. The molecule has 0 atom stereocenters. The van der Waals surface area contributed by atoms with Crippen LogP contribution in [0.5, 0.6) is 0 Å². The number of sulfonamides is 1. The van der Waals surface area contributed by atoms with Crippen LogP contribution in [0, 0.1) is 0 Å². The van der Waals surface area contributed by atoms with Gasteiger partial charge in [-0.1, -0.05) is 18.5 Å². The smallest absolute Gasteiger partial charge is 0.321 e. The van der Waals surface area contributed by atoms with E-state index in [-0.39, 0.29) is 23.0 Å². The van der Waals surface area contributed by atoms with Gasteiger partial charge in [-0.2, -0.15) is 4.31 Å². The molecule has 0 bridgehead atoms. The predicted octanol–water partition coefficient (Wildman–Crippen LogP) is 1.31. The Balaban J connectivity index is 3.13. The van der Waals surface area contributed by atoms with Crippen molar-refractivity contribution in [3.05, 3.63) is 23.5 Å². The van der Waals surface area contributed by atoms with Gasteiger partial charge < -0.3 is 4.74 Å². The SMILES string of the molecule is CCCN(CC(=O)OC)S(=O)(=O)c1cnccc1Cl. The van der Waals surface area contributed by atoms with Crippen molar-refractivity contribution in [3.63, 3.8) is 0 Å². The fourth-order valence-electron chi connectivity index (χ4n) is 1.43. The highest BCUT2D eigenvalue weighted by Gasteiger charge is 2.28. The molecule has 1 rings (SSSR count). The van der Waals surface area contributed by atoms with E-state index in [4.69, 9.17) is 11.6 Å². The van der Waals surface area contributed by atoms with Gasteiger partial charge in [0.05, 0.1) is 12.1 Å². The standard InChI is InChI=1S/C11H15ClN2O4S/c1-3-6-14(8-11(15)18-2)19(16,17)10-7-13-5-4-9(10)12/h4-5,7H,3,6,8H2,1-2H3. The van der Waals surface area contributed by atoms with Crippen LogP contribution in [0.4, 0.5) is 0 Å². The summed E-state index contributed by atoms with van der Waals surface area (Å²) in [6, 6.07) is 1.39. The van der Waals surface area contributed by atoms with Crippen molar-refractivity contribution in [2.75, 3.05) is 20.2 Å². The summed E-state index contributed by atoms with van der Waals surface area (Å²) in [5, 5.41) is 0.0703. The monoisotopic (exact) mass is 306 g/mol. The molecule has 0 amide bonds. The van der Waals surface area contributed by atoms with Gasteiger partial charge in [0.2, 0.25) is 10.0 Å². The molecule has 6 nitrogen and oxygen atoms in total. The van der Waals surface area contributed by atoms with Crippen LogP contribution in [0.1, 0.15) is 13.3 Å². The van der Waals surface area contributed by atoms with Crippen molar-refractivity contribution >= 4 is 27.6 Å². The second-order valence-corrected chi connectivity index (χ2v) is 6.03. The fourth-order valence-corrected chi connectivity index (χ4v) is 3.32. The van der Waals surface area contributed by atoms with E-state index in [1.54, 1.807) is 0 Å². The molecule has 8 heteroatoms. The highest BCUT2D eigenvalue weighted by atomic mass is 35.5. The van der Waals surface area contributed by atoms with Crippen LogP contribution in [0.2, 0.25) is 5.02 Å². The molecular weight excluding hydrogens is 292 g/mol. The van der Waals surface area contributed by atoms with Crippen LogP contribution in [-0.2, 0) is 19.6 Å². The molecule has 0 spiro atoms. The van der Waals surface area contributed by atoms with Crippen LogP contribution >= 0.6 is 11.6 Å². The third-order valence-electron chi connectivity index (χ3n) is 2.36. The quantitative estimate of drug-likeness (QED) is 0.741. The van der Waals surface area contributed by atoms with Gasteiger partial charge in [0.15, 0.2) is 0 Å². The fraction of sp³-hybridized carbons (Fsp3) is 0.455. The Morgan fingerprint density at radius 2 is 2.21 bits per heavy atom. The van der Waals surface area contributed by atoms with Crippen molar-refractivity contribution in [3.8, 4) is 0 Å². The summed E-state index contributed by atoms with van der Waals surface area (Å²) in [6.07, 6.45) is 3.12. The number of hydrogen-bond donors (Lipinski definition) is 0. The minimum Gasteiger partial charge on any atom is -0.468 e. The van der Waals surface area contributed by atoms with E-state index in [2.05, 4.69) is 9.72 Å². The molecule has 106 valence electrons. The average Bonchev–Trinajstić information content (AvgIpc) is 2.38. The predicted molar refractivity (Wildman–Crippen MR) is 70.3 cm³/mol. The molecule has 0 saturated carbocycles. The number of carbonyl (C=O) groups excluding carboxylic acids is 1. The van der Waals surface area contributed by atoms with Gasteiger partial charge in [-0.3, -0.25) is 9.78 Å². The lowest BCUT2D eigenvalue weighted by Crippen LogP contribution is -2.37. The summed E-state index contributed by atoms with van der Waals surface area (Å²) in [5.74, 6) is -0.628. The average molecular weight is 307 g/mol. The molecule has 0 aromatic carbocycles. The second-order valence-electron chi connectivity index (χ2n) is 3.72. The Bertz CT molecular complexity index is 547. The maximum atomic E-state index is 12.4. The van der Waals surface area contributed by atoms with E-state index in [9.17, 15) is 13.2 Å². The molecule has 1 heterocycles. The topological polar surface area (TPSA) is 76.6 Å². The lowest BCUT2D eigenvalue weighted by atomic mass is 10.5. The number of pyridine rings is 1. The second kappa shape index (κ2) is 6.83. The number of methoxy groups -OCH3 is 1. The Morgan fingerprint density at radius 3 is 2.74 bits per heavy atom. The van der Waals surface area contributed by atoms with Crippen LogP contribution in [0.15, 0.2) is 23.4 Å². The zero-order valence-corrected chi connectivity index (χ0v) is 12.2. The summed E-state index contributed by atoms with van der Waals surface area (Å²) < 4.78 is 30.3. The molecule has 1 aromatic heterocycles. The highest BCUT2D eigenvalue weighted by Crippen LogP contribution is 2.23. The molecule has 0 N–H and O–H groups in total. The van der Waals surface area contributed by atoms with Crippen LogP contribution in [0.25, 0.3) is 0 Å². The molecule has 19 heavy (non-hydrogen) atoms. The van der Waals surface area contributed by atoms with E-state index in [1.165, 1.54) is 19.4 Å². The number of rotatable bonds is 6. The number of hydrogen-bond acceptors (Lipinski definition) is 5. The van der Waals surface area contributed by atoms with Crippen molar-refractivity contribution in [2.24, 2.45) is 0 Å². The summed E-state index contributed by atoms with van der Waals surface area (Å²) in [5.41, 5.74) is 0. The summed E-state index contributed by atoms with van der Waals surface area (Å²) in [6.45, 7) is 1.66. The van der Waals surface area contributed by atoms with Crippen LogP contribution in [0.3, 0.4) is 0 Å². The van der Waals surface area contributed by atoms with E-state index >= 15 is 0 Å². The van der Waals surface area contributed by atoms with Gasteiger partial charge in [-0.25, -0.2) is 8.42 Å². The Kier molecular flexibility index (Phi) is 5.71. The van der Waals surface area contributed by atoms with Gasteiger partial charge in [0.25, 0.3) is 0 Å². The molecular formula is C11H15ClN2O4S. The van der Waals surface area contributed by atoms with Crippen molar-refractivity contribution in [2.45, 2.75) is 18.2 Å². The van der Waals surface area contributed by atoms with Crippen LogP contribution in [-0.4, -0.2) is 43.9 Å². The lowest BCUT2D eigenvalue weighted by Gasteiger charge is -2.20. The highest BCUT2D eigenvalue weighted by molar-refractivity contribution is 7.89.